The van der Waals surface area contributed by atoms with Crippen LogP contribution in [0.3, 0.4) is 0 Å². The summed E-state index contributed by atoms with van der Waals surface area (Å²) >= 11 is 0. The number of carbonyl (C=O) groups is 1. The number of benzene rings is 2. The maximum atomic E-state index is 13.4. The Morgan fingerprint density at radius 2 is 2.15 bits per heavy atom. The van der Waals surface area contributed by atoms with E-state index in [9.17, 15) is 14.3 Å². The molecule has 1 aromatic heterocycles. The van der Waals surface area contributed by atoms with E-state index in [1.807, 2.05) is 31.2 Å². The van der Waals surface area contributed by atoms with Crippen molar-refractivity contribution in [2.24, 2.45) is 0 Å². The predicted molar refractivity (Wildman–Crippen MR) is 123 cm³/mol. The van der Waals surface area contributed by atoms with Gasteiger partial charge in [0.2, 0.25) is 0 Å². The van der Waals surface area contributed by atoms with E-state index in [0.717, 1.165) is 40.8 Å². The minimum Gasteiger partial charge on any atom is -0.486 e. The van der Waals surface area contributed by atoms with E-state index >= 15 is 0 Å². The number of fused-ring (bicyclic) bond motifs is 4. The zero-order valence-corrected chi connectivity index (χ0v) is 18.5. The summed E-state index contributed by atoms with van der Waals surface area (Å²) in [6.45, 7) is 4.35. The number of hydrogen-bond acceptors (Lipinski definition) is 5. The van der Waals surface area contributed by atoms with Crippen molar-refractivity contribution in [3.63, 3.8) is 0 Å². The van der Waals surface area contributed by atoms with Gasteiger partial charge in [-0.05, 0) is 67.8 Å². The average molecular weight is 451 g/mol. The first-order valence-corrected chi connectivity index (χ1v) is 11.2. The number of halogens is 1. The summed E-state index contributed by atoms with van der Waals surface area (Å²) in [5.41, 5.74) is 3.78. The Morgan fingerprint density at radius 1 is 1.27 bits per heavy atom. The van der Waals surface area contributed by atoms with Gasteiger partial charge in [-0.1, -0.05) is 0 Å². The minimum absolute atomic E-state index is 0.215. The molecule has 0 saturated carbocycles. The van der Waals surface area contributed by atoms with Crippen molar-refractivity contribution in [3.8, 4) is 11.5 Å². The van der Waals surface area contributed by atoms with Gasteiger partial charge in [-0.3, -0.25) is 4.98 Å². The van der Waals surface area contributed by atoms with E-state index in [0.29, 0.717) is 31.0 Å². The Hall–Kier alpha value is -3.55. The maximum Gasteiger partial charge on any atom is 0.407 e. The zero-order valence-electron chi connectivity index (χ0n) is 18.5. The van der Waals surface area contributed by atoms with Gasteiger partial charge >= 0.3 is 6.09 Å². The van der Waals surface area contributed by atoms with Crippen molar-refractivity contribution in [2.75, 3.05) is 37.7 Å². The molecule has 33 heavy (non-hydrogen) atoms. The summed E-state index contributed by atoms with van der Waals surface area (Å²) in [5.74, 6) is 1.04. The smallest absolute Gasteiger partial charge is 0.407 e. The second-order valence-electron chi connectivity index (χ2n) is 8.56. The highest BCUT2D eigenvalue weighted by Crippen LogP contribution is 2.38. The zero-order chi connectivity index (χ0) is 22.9. The molecule has 2 aliphatic heterocycles. The van der Waals surface area contributed by atoms with E-state index in [2.05, 4.69) is 9.88 Å². The van der Waals surface area contributed by atoms with Crippen LogP contribution in [0.4, 0.5) is 14.9 Å². The van der Waals surface area contributed by atoms with Gasteiger partial charge in [0.25, 0.3) is 0 Å². The first kappa shape index (κ1) is 21.3. The number of pyridine rings is 1. The molecule has 0 unspecified atom stereocenters. The molecular formula is C25H26FN3O4. The lowest BCUT2D eigenvalue weighted by Gasteiger charge is -2.31. The van der Waals surface area contributed by atoms with Crippen LogP contribution in [0, 0.1) is 12.7 Å². The Bertz CT molecular complexity index is 1200. The van der Waals surface area contributed by atoms with Gasteiger partial charge in [0, 0.05) is 36.4 Å². The van der Waals surface area contributed by atoms with Crippen LogP contribution in [0.1, 0.15) is 17.7 Å². The van der Waals surface area contributed by atoms with E-state index in [4.69, 9.17) is 9.47 Å². The molecule has 8 heteroatoms. The number of nitrogens with zero attached hydrogens (tertiary/aromatic N) is 3. The van der Waals surface area contributed by atoms with Crippen molar-refractivity contribution in [1.82, 2.24) is 9.88 Å². The second-order valence-corrected chi connectivity index (χ2v) is 8.56. The number of amides is 1. The first-order chi connectivity index (χ1) is 16.0. The molecule has 3 heterocycles. The van der Waals surface area contributed by atoms with E-state index < -0.39 is 12.2 Å². The Labute approximate surface area is 191 Å². The van der Waals surface area contributed by atoms with Gasteiger partial charge < -0.3 is 24.4 Å². The molecule has 0 bridgehead atoms. The van der Waals surface area contributed by atoms with Gasteiger partial charge in [-0.2, -0.15) is 0 Å². The molecule has 0 radical (unpaired) electrons. The SMILES string of the molecule is Cc1ccc2c3c(ccc2n1)OC[C@@H](CN(CCCN1CCc2cc(F)ccc21)C(=O)O)O3. The van der Waals surface area contributed by atoms with Crippen LogP contribution in [-0.2, 0) is 6.42 Å². The number of ether oxygens (including phenoxy) is 2. The molecule has 1 atom stereocenters. The summed E-state index contributed by atoms with van der Waals surface area (Å²) in [6, 6.07) is 12.5. The van der Waals surface area contributed by atoms with Crippen LogP contribution in [-0.4, -0.2) is 60.0 Å². The second kappa shape index (κ2) is 8.77. The van der Waals surface area contributed by atoms with Crippen molar-refractivity contribution in [3.05, 3.63) is 59.5 Å². The van der Waals surface area contributed by atoms with Crippen LogP contribution in [0.25, 0.3) is 10.9 Å². The number of rotatable bonds is 6. The fourth-order valence-electron chi connectivity index (χ4n) is 4.60. The van der Waals surface area contributed by atoms with Crippen LogP contribution in [0.2, 0.25) is 0 Å². The van der Waals surface area contributed by atoms with E-state index in [1.165, 1.54) is 11.0 Å². The topological polar surface area (TPSA) is 75.1 Å². The molecular weight excluding hydrogens is 425 g/mol. The maximum absolute atomic E-state index is 13.4. The quantitative estimate of drug-likeness (QED) is 0.604. The highest BCUT2D eigenvalue weighted by atomic mass is 19.1. The van der Waals surface area contributed by atoms with Crippen LogP contribution >= 0.6 is 0 Å². The first-order valence-electron chi connectivity index (χ1n) is 11.2. The van der Waals surface area contributed by atoms with Crippen molar-refractivity contribution in [2.45, 2.75) is 25.9 Å². The van der Waals surface area contributed by atoms with Crippen molar-refractivity contribution >= 4 is 22.7 Å². The summed E-state index contributed by atoms with van der Waals surface area (Å²) in [6.07, 6.45) is 0.0870. The molecule has 0 fully saturated rings. The standard InChI is InChI=1S/C25H26FN3O4/c1-16-3-5-20-21(27-16)6-8-23-24(20)33-19(15-32-23)14-29(25(30)31)11-2-10-28-12-9-17-13-18(26)4-7-22(17)28/h3-8,13,19H,2,9-12,14-15H2,1H3,(H,30,31)/t19-/m1/s1. The van der Waals surface area contributed by atoms with Gasteiger partial charge in [-0.15, -0.1) is 0 Å². The lowest BCUT2D eigenvalue weighted by molar-refractivity contribution is 0.0586. The number of carboxylic acid groups (broad SMARTS) is 1. The van der Waals surface area contributed by atoms with Gasteiger partial charge in [0.15, 0.2) is 17.6 Å². The third-order valence-electron chi connectivity index (χ3n) is 6.22. The highest BCUT2D eigenvalue weighted by molar-refractivity contribution is 5.88. The van der Waals surface area contributed by atoms with Crippen LogP contribution < -0.4 is 14.4 Å². The number of aromatic nitrogens is 1. The third-order valence-corrected chi connectivity index (χ3v) is 6.22. The largest absolute Gasteiger partial charge is 0.486 e. The summed E-state index contributed by atoms with van der Waals surface area (Å²) < 4.78 is 25.5. The number of aryl methyl sites for hydroxylation is 1. The lowest BCUT2D eigenvalue weighted by atomic mass is 10.1. The molecule has 2 aromatic carbocycles. The lowest BCUT2D eigenvalue weighted by Crippen LogP contribution is -2.44. The molecule has 2 aliphatic rings. The number of anilines is 1. The predicted octanol–water partition coefficient (Wildman–Crippen LogP) is 4.25. The normalized spacial score (nSPS) is 16.7. The third kappa shape index (κ3) is 4.37. The van der Waals surface area contributed by atoms with E-state index in [-0.39, 0.29) is 19.0 Å². The summed E-state index contributed by atoms with van der Waals surface area (Å²) in [7, 11) is 0. The molecule has 0 saturated heterocycles. The van der Waals surface area contributed by atoms with Crippen LogP contribution in [0.5, 0.6) is 11.5 Å². The van der Waals surface area contributed by atoms with Crippen molar-refractivity contribution in [1.29, 1.82) is 0 Å². The Morgan fingerprint density at radius 3 is 3.00 bits per heavy atom. The molecule has 5 rings (SSSR count). The Kier molecular flexibility index (Phi) is 5.66. The molecule has 3 aromatic rings. The highest BCUT2D eigenvalue weighted by Gasteiger charge is 2.27. The molecule has 1 amide bonds. The van der Waals surface area contributed by atoms with Gasteiger partial charge in [-0.25, -0.2) is 9.18 Å². The fraction of sp³-hybridized carbons (Fsp3) is 0.360. The van der Waals surface area contributed by atoms with E-state index in [1.54, 1.807) is 12.1 Å². The molecule has 0 aliphatic carbocycles. The van der Waals surface area contributed by atoms with Crippen molar-refractivity contribution < 1.29 is 23.8 Å². The number of hydrogen-bond donors (Lipinski definition) is 1. The van der Waals surface area contributed by atoms with Gasteiger partial charge in [0.05, 0.1) is 12.1 Å². The molecule has 172 valence electrons. The fourth-order valence-corrected chi connectivity index (χ4v) is 4.60. The Balaban J connectivity index is 1.22. The summed E-state index contributed by atoms with van der Waals surface area (Å²) in [4.78, 5) is 20.0. The molecule has 1 N–H and O–H groups in total. The van der Waals surface area contributed by atoms with Crippen LogP contribution in [0.15, 0.2) is 42.5 Å². The van der Waals surface area contributed by atoms with Gasteiger partial charge in [0.1, 0.15) is 12.4 Å². The minimum atomic E-state index is -0.983. The summed E-state index contributed by atoms with van der Waals surface area (Å²) in [5, 5.41) is 10.6. The average Bonchev–Trinajstić information content (AvgIpc) is 3.19. The molecule has 7 nitrogen and oxygen atoms in total. The monoisotopic (exact) mass is 451 g/mol. The molecule has 0 spiro atoms.